The molecule has 0 aliphatic heterocycles. The summed E-state index contributed by atoms with van der Waals surface area (Å²) >= 11 is 0. The smallest absolute Gasteiger partial charge is 0.0713 e. The van der Waals surface area contributed by atoms with Crippen LogP contribution >= 0.6 is 0 Å². The average molecular weight is 191 g/mol. The van der Waals surface area contributed by atoms with E-state index in [9.17, 15) is 0 Å². The molecule has 1 aromatic rings. The van der Waals surface area contributed by atoms with Crippen molar-refractivity contribution < 1.29 is 4.74 Å². The molecule has 1 aliphatic rings. The average Bonchev–Trinajstić information content (AvgIpc) is 3.00. The predicted octanol–water partition coefficient (Wildman–Crippen LogP) is 2.04. The van der Waals surface area contributed by atoms with Gasteiger partial charge in [0.25, 0.3) is 0 Å². The third kappa shape index (κ3) is 1.68. The number of hydrogen-bond donors (Lipinski definition) is 1. The summed E-state index contributed by atoms with van der Waals surface area (Å²) in [5.74, 6) is 0. The summed E-state index contributed by atoms with van der Waals surface area (Å²) in [4.78, 5) is 0. The van der Waals surface area contributed by atoms with Crippen LogP contribution in [0, 0.1) is 0 Å². The second-order valence-electron chi connectivity index (χ2n) is 3.96. The Morgan fingerprint density at radius 2 is 1.93 bits per heavy atom. The Morgan fingerprint density at radius 1 is 1.29 bits per heavy atom. The fraction of sp³-hybridized carbons (Fsp3) is 0.500. The lowest BCUT2D eigenvalue weighted by Crippen LogP contribution is -2.24. The van der Waals surface area contributed by atoms with E-state index in [1.165, 1.54) is 24.0 Å². The molecular weight excluding hydrogens is 174 g/mol. The third-order valence-corrected chi connectivity index (χ3v) is 3.05. The molecule has 76 valence electrons. The molecule has 0 heterocycles. The molecule has 0 spiro atoms. The molecule has 1 N–H and O–H groups in total. The van der Waals surface area contributed by atoms with Crippen LogP contribution < -0.4 is 5.32 Å². The molecule has 0 unspecified atom stereocenters. The van der Waals surface area contributed by atoms with E-state index in [-0.39, 0.29) is 5.54 Å². The first-order valence-corrected chi connectivity index (χ1v) is 5.08. The monoisotopic (exact) mass is 191 g/mol. The minimum atomic E-state index is 0.283. The van der Waals surface area contributed by atoms with Gasteiger partial charge >= 0.3 is 0 Å². The van der Waals surface area contributed by atoms with Crippen LogP contribution in [0.5, 0.6) is 0 Å². The summed E-state index contributed by atoms with van der Waals surface area (Å²) in [6.45, 7) is 0.701. The summed E-state index contributed by atoms with van der Waals surface area (Å²) in [5, 5.41) is 3.39. The highest BCUT2D eigenvalue weighted by molar-refractivity contribution is 5.32. The van der Waals surface area contributed by atoms with E-state index in [1.807, 2.05) is 7.05 Å². The van der Waals surface area contributed by atoms with Gasteiger partial charge in [0.05, 0.1) is 6.61 Å². The maximum Gasteiger partial charge on any atom is 0.0713 e. The summed E-state index contributed by atoms with van der Waals surface area (Å²) in [7, 11) is 3.76. The van der Waals surface area contributed by atoms with E-state index in [4.69, 9.17) is 4.74 Å². The molecule has 1 aromatic carbocycles. The van der Waals surface area contributed by atoms with E-state index in [2.05, 4.69) is 29.6 Å². The van der Waals surface area contributed by atoms with Crippen molar-refractivity contribution in [1.29, 1.82) is 0 Å². The SMILES string of the molecule is CNC1(c2ccc(COC)cc2)CC1. The molecular formula is C12H17NO. The molecule has 0 radical (unpaired) electrons. The number of methoxy groups -OCH3 is 1. The topological polar surface area (TPSA) is 21.3 Å². The van der Waals surface area contributed by atoms with Crippen molar-refractivity contribution in [3.05, 3.63) is 35.4 Å². The van der Waals surface area contributed by atoms with Gasteiger partial charge in [0.15, 0.2) is 0 Å². The normalized spacial score (nSPS) is 18.1. The van der Waals surface area contributed by atoms with Crippen LogP contribution in [0.1, 0.15) is 24.0 Å². The van der Waals surface area contributed by atoms with Gasteiger partial charge in [0.1, 0.15) is 0 Å². The van der Waals surface area contributed by atoms with E-state index in [1.54, 1.807) is 7.11 Å². The standard InChI is InChI=1S/C12H17NO/c1-13-12(7-8-12)11-5-3-10(4-6-11)9-14-2/h3-6,13H,7-9H2,1-2H3. The second kappa shape index (κ2) is 3.71. The lowest BCUT2D eigenvalue weighted by atomic mass is 10.0. The summed E-state index contributed by atoms with van der Waals surface area (Å²) in [6, 6.07) is 8.71. The second-order valence-corrected chi connectivity index (χ2v) is 3.96. The number of rotatable bonds is 4. The first-order chi connectivity index (χ1) is 6.80. The zero-order valence-corrected chi connectivity index (χ0v) is 8.84. The number of nitrogens with one attached hydrogen (secondary N) is 1. The lowest BCUT2D eigenvalue weighted by molar-refractivity contribution is 0.185. The van der Waals surface area contributed by atoms with Crippen molar-refractivity contribution in [3.8, 4) is 0 Å². The Bertz CT molecular complexity index is 301. The third-order valence-electron chi connectivity index (χ3n) is 3.05. The zero-order valence-electron chi connectivity index (χ0n) is 8.84. The minimum Gasteiger partial charge on any atom is -0.380 e. The maximum atomic E-state index is 5.08. The van der Waals surface area contributed by atoms with Crippen LogP contribution in [0.4, 0.5) is 0 Å². The minimum absolute atomic E-state index is 0.283. The van der Waals surface area contributed by atoms with E-state index in [0.717, 1.165) is 0 Å². The maximum absolute atomic E-state index is 5.08. The van der Waals surface area contributed by atoms with Crippen molar-refractivity contribution in [2.24, 2.45) is 0 Å². The van der Waals surface area contributed by atoms with Crippen molar-refractivity contribution in [2.45, 2.75) is 25.0 Å². The Hall–Kier alpha value is -0.860. The molecule has 0 atom stereocenters. The molecule has 2 heteroatoms. The predicted molar refractivity (Wildman–Crippen MR) is 57.1 cm³/mol. The molecule has 1 fully saturated rings. The van der Waals surface area contributed by atoms with Gasteiger partial charge < -0.3 is 10.1 Å². The molecule has 0 saturated heterocycles. The van der Waals surface area contributed by atoms with Gasteiger partial charge in [-0.3, -0.25) is 0 Å². The van der Waals surface area contributed by atoms with Crippen LogP contribution in [0.15, 0.2) is 24.3 Å². The van der Waals surface area contributed by atoms with Gasteiger partial charge in [-0.05, 0) is 31.0 Å². The van der Waals surface area contributed by atoms with E-state index >= 15 is 0 Å². The van der Waals surface area contributed by atoms with Gasteiger partial charge in [0, 0.05) is 12.6 Å². The van der Waals surface area contributed by atoms with E-state index in [0.29, 0.717) is 6.61 Å². The quantitative estimate of drug-likeness (QED) is 0.786. The van der Waals surface area contributed by atoms with Crippen LogP contribution in [-0.4, -0.2) is 14.2 Å². The van der Waals surface area contributed by atoms with Gasteiger partial charge in [-0.25, -0.2) is 0 Å². The van der Waals surface area contributed by atoms with Crippen molar-refractivity contribution >= 4 is 0 Å². The van der Waals surface area contributed by atoms with Crippen molar-refractivity contribution in [1.82, 2.24) is 5.32 Å². The number of hydrogen-bond acceptors (Lipinski definition) is 2. The fourth-order valence-corrected chi connectivity index (χ4v) is 1.89. The molecule has 1 saturated carbocycles. The van der Waals surface area contributed by atoms with Crippen LogP contribution in [0.2, 0.25) is 0 Å². The summed E-state index contributed by atoms with van der Waals surface area (Å²) in [6.07, 6.45) is 2.51. The first-order valence-electron chi connectivity index (χ1n) is 5.08. The lowest BCUT2D eigenvalue weighted by Gasteiger charge is -2.14. The Kier molecular flexibility index (Phi) is 2.57. The highest BCUT2D eigenvalue weighted by Crippen LogP contribution is 2.44. The Balaban J connectivity index is 2.14. The van der Waals surface area contributed by atoms with Crippen molar-refractivity contribution in [2.75, 3.05) is 14.2 Å². The zero-order chi connectivity index (χ0) is 10.0. The highest BCUT2D eigenvalue weighted by atomic mass is 16.5. The summed E-state index contributed by atoms with van der Waals surface area (Å²) in [5.41, 5.74) is 2.93. The molecule has 0 aromatic heterocycles. The van der Waals surface area contributed by atoms with Gasteiger partial charge in [-0.1, -0.05) is 24.3 Å². The Morgan fingerprint density at radius 3 is 2.36 bits per heavy atom. The van der Waals surface area contributed by atoms with Crippen LogP contribution in [0.25, 0.3) is 0 Å². The molecule has 1 aliphatic carbocycles. The van der Waals surface area contributed by atoms with E-state index < -0.39 is 0 Å². The number of ether oxygens (including phenoxy) is 1. The van der Waals surface area contributed by atoms with Crippen LogP contribution in [-0.2, 0) is 16.9 Å². The number of benzene rings is 1. The van der Waals surface area contributed by atoms with Crippen molar-refractivity contribution in [3.63, 3.8) is 0 Å². The fourth-order valence-electron chi connectivity index (χ4n) is 1.89. The molecule has 2 rings (SSSR count). The molecule has 0 bridgehead atoms. The Labute approximate surface area is 85.3 Å². The molecule has 14 heavy (non-hydrogen) atoms. The van der Waals surface area contributed by atoms with Crippen LogP contribution in [0.3, 0.4) is 0 Å². The largest absolute Gasteiger partial charge is 0.380 e. The van der Waals surface area contributed by atoms with Gasteiger partial charge in [-0.15, -0.1) is 0 Å². The van der Waals surface area contributed by atoms with Gasteiger partial charge in [-0.2, -0.15) is 0 Å². The summed E-state index contributed by atoms with van der Waals surface area (Å²) < 4.78 is 5.08. The molecule has 0 amide bonds. The first kappa shape index (κ1) is 9.69. The van der Waals surface area contributed by atoms with Gasteiger partial charge in [0.2, 0.25) is 0 Å². The molecule has 2 nitrogen and oxygen atoms in total. The highest BCUT2D eigenvalue weighted by Gasteiger charge is 2.42.